The Kier molecular flexibility index (Phi) is 3.19. The lowest BCUT2D eigenvalue weighted by Gasteiger charge is -2.04. The first-order chi connectivity index (χ1) is 11.2. The third-order valence-corrected chi connectivity index (χ3v) is 6.77. The highest BCUT2D eigenvalue weighted by Gasteiger charge is 2.12. The Morgan fingerprint density at radius 1 is 0.739 bits per heavy atom. The smallest absolute Gasteiger partial charge is 0.0373 e. The fourth-order valence-corrected chi connectivity index (χ4v) is 5.75. The van der Waals surface area contributed by atoms with Gasteiger partial charge in [-0.25, -0.2) is 0 Å². The minimum Gasteiger partial charge on any atom is -0.135 e. The predicted octanol–water partition coefficient (Wildman–Crippen LogP) is 7.73. The molecule has 23 heavy (non-hydrogen) atoms. The van der Waals surface area contributed by atoms with Gasteiger partial charge < -0.3 is 0 Å². The average Bonchev–Trinajstić information content (AvgIpc) is 2.90. The van der Waals surface area contributed by atoms with Crippen LogP contribution in [0.3, 0.4) is 0 Å². The highest BCUT2D eigenvalue weighted by molar-refractivity contribution is 14.1. The van der Waals surface area contributed by atoms with Gasteiger partial charge in [0.2, 0.25) is 0 Å². The maximum Gasteiger partial charge on any atom is 0.0373 e. The summed E-state index contributed by atoms with van der Waals surface area (Å²) in [5, 5.41) is 7.98. The lowest BCUT2D eigenvalue weighted by Crippen LogP contribution is -1.78. The third-order valence-electron chi connectivity index (χ3n) is 4.35. The summed E-state index contributed by atoms with van der Waals surface area (Å²) in [5.74, 6) is 0. The van der Waals surface area contributed by atoms with E-state index in [-0.39, 0.29) is 0 Å². The van der Waals surface area contributed by atoms with E-state index in [4.69, 9.17) is 0 Å². The van der Waals surface area contributed by atoms with Crippen LogP contribution in [0, 0.1) is 3.57 Å². The fraction of sp³-hybridized carbons (Fsp3) is 0. The highest BCUT2D eigenvalue weighted by atomic mass is 127. The molecule has 0 aliphatic rings. The second-order valence-corrected chi connectivity index (χ2v) is 8.90. The maximum absolute atomic E-state index is 3.73. The average molecular weight is 489 g/mol. The molecule has 110 valence electrons. The summed E-state index contributed by atoms with van der Waals surface area (Å²) in [6, 6.07) is 22.2. The lowest BCUT2D eigenvalue weighted by molar-refractivity contribution is 1.74. The van der Waals surface area contributed by atoms with Crippen molar-refractivity contribution in [2.24, 2.45) is 0 Å². The van der Waals surface area contributed by atoms with Gasteiger partial charge in [-0.3, -0.25) is 0 Å². The molecule has 0 atom stereocenters. The largest absolute Gasteiger partial charge is 0.135 e. The number of benzene rings is 4. The molecule has 0 spiro atoms. The van der Waals surface area contributed by atoms with E-state index in [0.29, 0.717) is 0 Å². The van der Waals surface area contributed by atoms with Crippen molar-refractivity contribution in [1.29, 1.82) is 0 Å². The molecule has 0 amide bonds. The summed E-state index contributed by atoms with van der Waals surface area (Å²) in [4.78, 5) is 0. The summed E-state index contributed by atoms with van der Waals surface area (Å²) in [7, 11) is 0. The van der Waals surface area contributed by atoms with Crippen molar-refractivity contribution in [2.75, 3.05) is 0 Å². The second kappa shape index (κ2) is 5.16. The molecule has 0 saturated heterocycles. The van der Waals surface area contributed by atoms with E-state index in [1.807, 2.05) is 11.3 Å². The Morgan fingerprint density at radius 2 is 1.57 bits per heavy atom. The van der Waals surface area contributed by atoms with Crippen molar-refractivity contribution in [2.45, 2.75) is 0 Å². The van der Waals surface area contributed by atoms with Gasteiger partial charge in [0.15, 0.2) is 0 Å². The van der Waals surface area contributed by atoms with E-state index < -0.39 is 0 Å². The number of hydrogen-bond donors (Lipinski definition) is 0. The Morgan fingerprint density at radius 3 is 2.43 bits per heavy atom. The van der Waals surface area contributed by atoms with Crippen LogP contribution in [-0.2, 0) is 0 Å². The van der Waals surface area contributed by atoms with Gasteiger partial charge in [0, 0.05) is 28.2 Å². The van der Waals surface area contributed by atoms with E-state index in [1.54, 1.807) is 0 Å². The molecule has 0 radical (unpaired) electrons. The number of hydrogen-bond acceptors (Lipinski definition) is 1. The predicted molar refractivity (Wildman–Crippen MR) is 115 cm³/mol. The van der Waals surface area contributed by atoms with Gasteiger partial charge in [-0.2, -0.15) is 0 Å². The third kappa shape index (κ3) is 2.13. The molecule has 5 aromatic rings. The Hall–Kier alpha value is -1.17. The minimum absolute atomic E-state index is 1.17. The van der Waals surface area contributed by atoms with Gasteiger partial charge >= 0.3 is 0 Å². The summed E-state index contributed by atoms with van der Waals surface area (Å²) in [6.45, 7) is 0. The van der Waals surface area contributed by atoms with Gasteiger partial charge in [-0.05, 0) is 74.5 Å². The normalized spacial score (nSPS) is 11.9. The van der Waals surface area contributed by atoms with Crippen molar-refractivity contribution in [3.8, 4) is 0 Å². The maximum atomic E-state index is 3.73. The van der Waals surface area contributed by atoms with Crippen LogP contribution in [0.2, 0.25) is 0 Å². The summed E-state index contributed by atoms with van der Waals surface area (Å²) < 4.78 is 5.16. The molecule has 4 aromatic carbocycles. The van der Waals surface area contributed by atoms with Crippen molar-refractivity contribution in [3.63, 3.8) is 0 Å². The first-order valence-corrected chi connectivity index (χ1v) is 10.0. The SMILES string of the molecule is Brc1cc2sc3cc4cc(I)ccc4cc3c2c2ccccc12. The van der Waals surface area contributed by atoms with Crippen molar-refractivity contribution < 1.29 is 0 Å². The molecular formula is C20H10BrIS. The molecule has 0 aliphatic heterocycles. The van der Waals surface area contributed by atoms with E-state index in [1.165, 1.54) is 49.8 Å². The monoisotopic (exact) mass is 488 g/mol. The number of rotatable bonds is 0. The van der Waals surface area contributed by atoms with Crippen LogP contribution in [0.5, 0.6) is 0 Å². The number of halogens is 2. The van der Waals surface area contributed by atoms with Gasteiger partial charge in [-0.15, -0.1) is 11.3 Å². The van der Waals surface area contributed by atoms with Gasteiger partial charge in [0.25, 0.3) is 0 Å². The van der Waals surface area contributed by atoms with Gasteiger partial charge in [-0.1, -0.05) is 46.3 Å². The van der Waals surface area contributed by atoms with E-state index in [0.717, 1.165) is 0 Å². The summed E-state index contributed by atoms with van der Waals surface area (Å²) in [5.41, 5.74) is 0. The Balaban J connectivity index is 2.05. The molecule has 1 aromatic heterocycles. The molecule has 1 heterocycles. The summed E-state index contributed by atoms with van der Waals surface area (Å²) in [6.07, 6.45) is 0. The minimum atomic E-state index is 1.17. The van der Waals surface area contributed by atoms with Gasteiger partial charge in [0.05, 0.1) is 0 Å². The van der Waals surface area contributed by atoms with Crippen molar-refractivity contribution in [3.05, 3.63) is 68.7 Å². The molecule has 5 rings (SSSR count). The second-order valence-electron chi connectivity index (χ2n) is 5.72. The lowest BCUT2D eigenvalue weighted by atomic mass is 10.0. The molecule has 0 saturated carbocycles. The van der Waals surface area contributed by atoms with E-state index >= 15 is 0 Å². The molecule has 3 heteroatoms. The van der Waals surface area contributed by atoms with Crippen LogP contribution in [0.1, 0.15) is 0 Å². The van der Waals surface area contributed by atoms with Crippen molar-refractivity contribution in [1.82, 2.24) is 0 Å². The molecule has 0 N–H and O–H groups in total. The van der Waals surface area contributed by atoms with Crippen LogP contribution in [0.25, 0.3) is 41.7 Å². The topological polar surface area (TPSA) is 0 Å². The molecule has 0 aliphatic carbocycles. The standard InChI is InChI=1S/C20H10BrIS/c21-17-10-19-20(15-4-2-1-3-14(15)17)16-8-11-5-6-13(22)7-12(11)9-18(16)23-19/h1-10H. The fourth-order valence-electron chi connectivity index (χ4n) is 3.31. The van der Waals surface area contributed by atoms with Crippen molar-refractivity contribution >= 4 is 91.6 Å². The van der Waals surface area contributed by atoms with Gasteiger partial charge in [0.1, 0.15) is 0 Å². The first-order valence-electron chi connectivity index (χ1n) is 7.33. The zero-order valence-electron chi connectivity index (χ0n) is 11.9. The Bertz CT molecular complexity index is 1240. The molecular weight excluding hydrogens is 479 g/mol. The van der Waals surface area contributed by atoms with E-state index in [2.05, 4.69) is 99.2 Å². The van der Waals surface area contributed by atoms with Crippen LogP contribution in [0.4, 0.5) is 0 Å². The quantitative estimate of drug-likeness (QED) is 0.196. The number of thiophene rings is 1. The van der Waals surface area contributed by atoms with Crippen LogP contribution < -0.4 is 0 Å². The Labute approximate surface area is 159 Å². The summed E-state index contributed by atoms with van der Waals surface area (Å²) >= 11 is 7.99. The highest BCUT2D eigenvalue weighted by Crippen LogP contribution is 2.42. The molecule has 0 fully saturated rings. The molecule has 0 bridgehead atoms. The van der Waals surface area contributed by atoms with Crippen LogP contribution in [0.15, 0.2) is 65.1 Å². The number of fused-ring (bicyclic) bond motifs is 6. The first kappa shape index (κ1) is 14.2. The zero-order valence-corrected chi connectivity index (χ0v) is 16.5. The van der Waals surface area contributed by atoms with E-state index in [9.17, 15) is 0 Å². The molecule has 0 unspecified atom stereocenters. The van der Waals surface area contributed by atoms with Crippen LogP contribution in [-0.4, -0.2) is 0 Å². The van der Waals surface area contributed by atoms with Crippen LogP contribution >= 0.6 is 49.9 Å². The zero-order chi connectivity index (χ0) is 15.6. The molecule has 0 nitrogen and oxygen atoms in total.